The number of carbonyl (C=O) groups is 1. The number of halogens is 1. The third kappa shape index (κ3) is 3.20. The van der Waals surface area contributed by atoms with Crippen molar-refractivity contribution in [2.45, 2.75) is 13.0 Å². The van der Waals surface area contributed by atoms with Crippen LogP contribution < -0.4 is 10.5 Å². The highest BCUT2D eigenvalue weighted by Crippen LogP contribution is 2.18. The van der Waals surface area contributed by atoms with Crippen molar-refractivity contribution in [1.29, 1.82) is 0 Å². The average Bonchev–Trinajstić information content (AvgIpc) is 2.28. The molecule has 0 aliphatic rings. The van der Waals surface area contributed by atoms with Gasteiger partial charge in [0.05, 0.1) is 7.11 Å². The van der Waals surface area contributed by atoms with Crippen molar-refractivity contribution in [1.82, 2.24) is 0 Å². The SMILES string of the molecule is COC(=O)C(N)COc1cc(F)ccc1C. The summed E-state index contributed by atoms with van der Waals surface area (Å²) in [6.45, 7) is 1.73. The Morgan fingerprint density at radius 2 is 2.25 bits per heavy atom. The first-order valence-electron chi connectivity index (χ1n) is 4.77. The van der Waals surface area contributed by atoms with Crippen LogP contribution in [0.4, 0.5) is 4.39 Å². The minimum absolute atomic E-state index is 0.0447. The van der Waals surface area contributed by atoms with E-state index >= 15 is 0 Å². The first-order valence-corrected chi connectivity index (χ1v) is 4.77. The van der Waals surface area contributed by atoms with E-state index in [0.29, 0.717) is 5.75 Å². The zero-order valence-electron chi connectivity index (χ0n) is 9.20. The van der Waals surface area contributed by atoms with E-state index in [2.05, 4.69) is 4.74 Å². The van der Waals surface area contributed by atoms with Gasteiger partial charge in [0.25, 0.3) is 0 Å². The molecule has 4 nitrogen and oxygen atoms in total. The minimum atomic E-state index is -0.868. The summed E-state index contributed by atoms with van der Waals surface area (Å²) in [6, 6.07) is 3.31. The fourth-order valence-electron chi connectivity index (χ4n) is 1.13. The third-order valence-corrected chi connectivity index (χ3v) is 2.07. The molecule has 1 aromatic rings. The van der Waals surface area contributed by atoms with E-state index in [1.807, 2.05) is 0 Å². The van der Waals surface area contributed by atoms with Crippen LogP contribution in [-0.2, 0) is 9.53 Å². The van der Waals surface area contributed by atoms with Gasteiger partial charge in [-0.3, -0.25) is 4.79 Å². The van der Waals surface area contributed by atoms with Gasteiger partial charge >= 0.3 is 5.97 Å². The molecule has 0 saturated heterocycles. The van der Waals surface area contributed by atoms with Crippen LogP contribution in [0.25, 0.3) is 0 Å². The van der Waals surface area contributed by atoms with E-state index in [1.165, 1.54) is 19.2 Å². The van der Waals surface area contributed by atoms with Gasteiger partial charge in [-0.2, -0.15) is 0 Å². The molecule has 0 amide bonds. The second kappa shape index (κ2) is 5.46. The zero-order valence-corrected chi connectivity index (χ0v) is 9.20. The molecular weight excluding hydrogens is 213 g/mol. The molecule has 0 aliphatic carbocycles. The molecule has 0 aliphatic heterocycles. The Labute approximate surface area is 93.2 Å². The number of nitrogens with two attached hydrogens (primary N) is 1. The molecule has 1 aromatic carbocycles. The van der Waals surface area contributed by atoms with Crippen LogP contribution in [0.1, 0.15) is 5.56 Å². The number of benzene rings is 1. The third-order valence-electron chi connectivity index (χ3n) is 2.07. The lowest BCUT2D eigenvalue weighted by Gasteiger charge is -2.12. The van der Waals surface area contributed by atoms with E-state index in [0.717, 1.165) is 5.56 Å². The zero-order chi connectivity index (χ0) is 12.1. The highest BCUT2D eigenvalue weighted by molar-refractivity contribution is 5.75. The smallest absolute Gasteiger partial charge is 0.326 e. The molecule has 5 heteroatoms. The summed E-state index contributed by atoms with van der Waals surface area (Å²) in [4.78, 5) is 11.0. The highest BCUT2D eigenvalue weighted by atomic mass is 19.1. The van der Waals surface area contributed by atoms with Crippen molar-refractivity contribution >= 4 is 5.97 Å². The van der Waals surface area contributed by atoms with Crippen LogP contribution in [-0.4, -0.2) is 25.7 Å². The molecule has 0 radical (unpaired) electrons. The molecular formula is C11H14FNO3. The lowest BCUT2D eigenvalue weighted by Crippen LogP contribution is -2.37. The summed E-state index contributed by atoms with van der Waals surface area (Å²) in [7, 11) is 1.25. The summed E-state index contributed by atoms with van der Waals surface area (Å²) in [5.41, 5.74) is 6.25. The van der Waals surface area contributed by atoms with Crippen molar-refractivity contribution in [2.24, 2.45) is 5.73 Å². The molecule has 0 spiro atoms. The second-order valence-corrected chi connectivity index (χ2v) is 3.35. The van der Waals surface area contributed by atoms with Gasteiger partial charge in [0.2, 0.25) is 0 Å². The van der Waals surface area contributed by atoms with Crippen molar-refractivity contribution in [3.63, 3.8) is 0 Å². The van der Waals surface area contributed by atoms with Crippen LogP contribution in [0.5, 0.6) is 5.75 Å². The molecule has 0 aromatic heterocycles. The van der Waals surface area contributed by atoms with Gasteiger partial charge in [-0.25, -0.2) is 4.39 Å². The van der Waals surface area contributed by atoms with Crippen molar-refractivity contribution in [3.8, 4) is 5.75 Å². The number of aryl methyl sites for hydroxylation is 1. The van der Waals surface area contributed by atoms with Crippen molar-refractivity contribution in [2.75, 3.05) is 13.7 Å². The largest absolute Gasteiger partial charge is 0.491 e. The Bertz CT molecular complexity index is 381. The monoisotopic (exact) mass is 227 g/mol. The fourth-order valence-corrected chi connectivity index (χ4v) is 1.13. The summed E-state index contributed by atoms with van der Waals surface area (Å²) in [6.07, 6.45) is 0. The Morgan fingerprint density at radius 3 is 2.88 bits per heavy atom. The minimum Gasteiger partial charge on any atom is -0.491 e. The summed E-state index contributed by atoms with van der Waals surface area (Å²) in [5.74, 6) is -0.583. The van der Waals surface area contributed by atoms with Gasteiger partial charge in [-0.05, 0) is 18.6 Å². The van der Waals surface area contributed by atoms with Crippen LogP contribution >= 0.6 is 0 Å². The maximum atomic E-state index is 12.9. The molecule has 0 bridgehead atoms. The highest BCUT2D eigenvalue weighted by Gasteiger charge is 2.14. The summed E-state index contributed by atoms with van der Waals surface area (Å²) >= 11 is 0. The molecule has 0 heterocycles. The predicted molar refractivity (Wildman–Crippen MR) is 56.6 cm³/mol. The standard InChI is InChI=1S/C11H14FNO3/c1-7-3-4-8(12)5-10(7)16-6-9(13)11(14)15-2/h3-5,9H,6,13H2,1-2H3. The van der Waals surface area contributed by atoms with Crippen LogP contribution in [0.2, 0.25) is 0 Å². The number of esters is 1. The number of carbonyl (C=O) groups excluding carboxylic acids is 1. The van der Waals surface area contributed by atoms with E-state index in [-0.39, 0.29) is 6.61 Å². The van der Waals surface area contributed by atoms with Crippen LogP contribution in [0.15, 0.2) is 18.2 Å². The van der Waals surface area contributed by atoms with Gasteiger partial charge in [0.1, 0.15) is 24.2 Å². The van der Waals surface area contributed by atoms with E-state index < -0.39 is 17.8 Å². The molecule has 1 atom stereocenters. The Morgan fingerprint density at radius 1 is 1.56 bits per heavy atom. The maximum absolute atomic E-state index is 12.9. The van der Waals surface area contributed by atoms with Gasteiger partial charge in [0.15, 0.2) is 0 Å². The normalized spacial score (nSPS) is 12.0. The van der Waals surface area contributed by atoms with E-state index in [9.17, 15) is 9.18 Å². The second-order valence-electron chi connectivity index (χ2n) is 3.35. The topological polar surface area (TPSA) is 61.5 Å². The number of ether oxygens (including phenoxy) is 2. The molecule has 0 fully saturated rings. The van der Waals surface area contributed by atoms with Gasteiger partial charge in [-0.15, -0.1) is 0 Å². The van der Waals surface area contributed by atoms with Crippen molar-refractivity contribution < 1.29 is 18.7 Å². The molecule has 1 unspecified atom stereocenters. The molecule has 2 N–H and O–H groups in total. The van der Waals surface area contributed by atoms with Crippen LogP contribution in [0.3, 0.4) is 0 Å². The molecule has 1 rings (SSSR count). The molecule has 88 valence electrons. The van der Waals surface area contributed by atoms with Gasteiger partial charge < -0.3 is 15.2 Å². The lowest BCUT2D eigenvalue weighted by molar-refractivity contribution is -0.142. The van der Waals surface area contributed by atoms with Gasteiger partial charge in [-0.1, -0.05) is 6.07 Å². The van der Waals surface area contributed by atoms with Crippen LogP contribution in [0, 0.1) is 12.7 Å². The predicted octanol–water partition coefficient (Wildman–Crippen LogP) is 1.01. The maximum Gasteiger partial charge on any atom is 0.326 e. The molecule has 0 saturated carbocycles. The average molecular weight is 227 g/mol. The first kappa shape index (κ1) is 12.4. The van der Waals surface area contributed by atoms with Crippen molar-refractivity contribution in [3.05, 3.63) is 29.6 Å². The van der Waals surface area contributed by atoms with E-state index in [4.69, 9.17) is 10.5 Å². The number of rotatable bonds is 4. The summed E-state index contributed by atoms with van der Waals surface area (Å²) in [5, 5.41) is 0. The fraction of sp³-hybridized carbons (Fsp3) is 0.364. The van der Waals surface area contributed by atoms with E-state index in [1.54, 1.807) is 13.0 Å². The Kier molecular flexibility index (Phi) is 4.25. The quantitative estimate of drug-likeness (QED) is 0.780. The Balaban J connectivity index is 2.60. The first-order chi connectivity index (χ1) is 7.54. The molecule has 16 heavy (non-hydrogen) atoms. The number of hydrogen-bond acceptors (Lipinski definition) is 4. The Hall–Kier alpha value is -1.62. The number of methoxy groups -OCH3 is 1. The lowest BCUT2D eigenvalue weighted by atomic mass is 10.2. The van der Waals surface area contributed by atoms with Gasteiger partial charge in [0, 0.05) is 6.07 Å². The number of hydrogen-bond donors (Lipinski definition) is 1. The summed E-state index contributed by atoms with van der Waals surface area (Å²) < 4.78 is 22.6.